The van der Waals surface area contributed by atoms with Gasteiger partial charge in [0.15, 0.2) is 0 Å². The van der Waals surface area contributed by atoms with Crippen LogP contribution in [0, 0.1) is 0 Å². The minimum absolute atomic E-state index is 0.0706. The number of nitrogens with two attached hydrogens (primary N) is 1. The smallest absolute Gasteiger partial charge is 0.0955 e. The molecule has 3 N–H and O–H groups in total. The summed E-state index contributed by atoms with van der Waals surface area (Å²) in [5.41, 5.74) is 7.16. The molecule has 16 heavy (non-hydrogen) atoms. The standard InChI is InChI=1S/C13H19NO2/c14-11(9-10-5-2-1-3-6-10)13(15)12-7-4-8-16-12/h1-3,5-6,11-13,15H,4,7-9,14H2. The normalized spacial score (nSPS) is 24.2. The van der Waals surface area contributed by atoms with Crippen molar-refractivity contribution in [3.05, 3.63) is 35.9 Å². The quantitative estimate of drug-likeness (QED) is 0.800. The minimum Gasteiger partial charge on any atom is -0.389 e. The van der Waals surface area contributed by atoms with Crippen LogP contribution in [0.3, 0.4) is 0 Å². The molecule has 0 aliphatic carbocycles. The van der Waals surface area contributed by atoms with Crippen LogP contribution in [0.4, 0.5) is 0 Å². The Hall–Kier alpha value is -0.900. The molecule has 1 fully saturated rings. The Bertz CT molecular complexity index is 309. The molecule has 0 aromatic heterocycles. The summed E-state index contributed by atoms with van der Waals surface area (Å²) in [5, 5.41) is 10.0. The van der Waals surface area contributed by atoms with E-state index in [4.69, 9.17) is 10.5 Å². The molecule has 0 saturated carbocycles. The SMILES string of the molecule is NC(Cc1ccccc1)C(O)C1CCCO1. The lowest BCUT2D eigenvalue weighted by molar-refractivity contribution is -0.0138. The first kappa shape index (κ1) is 11.6. The molecular weight excluding hydrogens is 202 g/mol. The lowest BCUT2D eigenvalue weighted by atomic mass is 9.97. The van der Waals surface area contributed by atoms with Gasteiger partial charge in [-0.2, -0.15) is 0 Å². The van der Waals surface area contributed by atoms with Gasteiger partial charge in [0.1, 0.15) is 0 Å². The van der Waals surface area contributed by atoms with Gasteiger partial charge in [-0.3, -0.25) is 0 Å². The van der Waals surface area contributed by atoms with Crippen molar-refractivity contribution in [1.29, 1.82) is 0 Å². The van der Waals surface area contributed by atoms with Gasteiger partial charge in [0.2, 0.25) is 0 Å². The maximum absolute atomic E-state index is 10.0. The fraction of sp³-hybridized carbons (Fsp3) is 0.538. The van der Waals surface area contributed by atoms with Gasteiger partial charge in [-0.1, -0.05) is 30.3 Å². The largest absolute Gasteiger partial charge is 0.389 e. The monoisotopic (exact) mass is 221 g/mol. The number of benzene rings is 1. The Kier molecular flexibility index (Phi) is 3.93. The van der Waals surface area contributed by atoms with Crippen molar-refractivity contribution >= 4 is 0 Å². The first-order chi connectivity index (χ1) is 7.77. The minimum atomic E-state index is -0.553. The van der Waals surface area contributed by atoms with Crippen molar-refractivity contribution in [3.8, 4) is 0 Å². The van der Waals surface area contributed by atoms with Crippen molar-refractivity contribution in [1.82, 2.24) is 0 Å². The van der Waals surface area contributed by atoms with Crippen LogP contribution in [-0.4, -0.2) is 30.0 Å². The third-order valence-corrected chi connectivity index (χ3v) is 3.10. The summed E-state index contributed by atoms with van der Waals surface area (Å²) < 4.78 is 5.44. The molecule has 1 aliphatic rings. The fourth-order valence-corrected chi connectivity index (χ4v) is 2.15. The predicted octanol–water partition coefficient (Wildman–Crippen LogP) is 1.10. The summed E-state index contributed by atoms with van der Waals surface area (Å²) in [4.78, 5) is 0. The van der Waals surface area contributed by atoms with E-state index in [0.29, 0.717) is 6.42 Å². The van der Waals surface area contributed by atoms with Crippen molar-refractivity contribution in [2.24, 2.45) is 5.73 Å². The highest BCUT2D eigenvalue weighted by Gasteiger charge is 2.28. The number of ether oxygens (including phenoxy) is 1. The Balaban J connectivity index is 1.89. The fourth-order valence-electron chi connectivity index (χ4n) is 2.15. The first-order valence-electron chi connectivity index (χ1n) is 5.86. The molecule has 0 bridgehead atoms. The van der Waals surface area contributed by atoms with E-state index in [-0.39, 0.29) is 12.1 Å². The van der Waals surface area contributed by atoms with E-state index < -0.39 is 6.10 Å². The Labute approximate surface area is 96.2 Å². The van der Waals surface area contributed by atoms with E-state index in [1.165, 1.54) is 0 Å². The summed E-state index contributed by atoms with van der Waals surface area (Å²) in [6.45, 7) is 0.750. The average molecular weight is 221 g/mol. The molecule has 1 aromatic rings. The maximum atomic E-state index is 10.0. The van der Waals surface area contributed by atoms with Gasteiger partial charge in [0.25, 0.3) is 0 Å². The molecule has 0 radical (unpaired) electrons. The lowest BCUT2D eigenvalue weighted by Gasteiger charge is -2.23. The van der Waals surface area contributed by atoms with E-state index >= 15 is 0 Å². The summed E-state index contributed by atoms with van der Waals surface area (Å²) in [6.07, 6.45) is 2.02. The Morgan fingerprint density at radius 2 is 2.12 bits per heavy atom. The second-order valence-corrected chi connectivity index (χ2v) is 4.40. The number of hydrogen-bond donors (Lipinski definition) is 2. The number of hydrogen-bond acceptors (Lipinski definition) is 3. The van der Waals surface area contributed by atoms with Crippen LogP contribution in [0.15, 0.2) is 30.3 Å². The molecule has 1 aliphatic heterocycles. The van der Waals surface area contributed by atoms with Crippen molar-refractivity contribution in [3.63, 3.8) is 0 Å². The van der Waals surface area contributed by atoms with Crippen molar-refractivity contribution in [2.75, 3.05) is 6.61 Å². The molecule has 3 heteroatoms. The van der Waals surface area contributed by atoms with Gasteiger partial charge in [-0.25, -0.2) is 0 Å². The van der Waals surface area contributed by atoms with Crippen LogP contribution in [0.2, 0.25) is 0 Å². The van der Waals surface area contributed by atoms with Crippen molar-refractivity contribution < 1.29 is 9.84 Å². The Morgan fingerprint density at radius 3 is 2.75 bits per heavy atom. The molecule has 3 unspecified atom stereocenters. The summed E-state index contributed by atoms with van der Waals surface area (Å²) in [5.74, 6) is 0. The highest BCUT2D eigenvalue weighted by Crippen LogP contribution is 2.18. The zero-order valence-electron chi connectivity index (χ0n) is 9.38. The molecule has 88 valence electrons. The van der Waals surface area contributed by atoms with E-state index in [0.717, 1.165) is 25.0 Å². The van der Waals surface area contributed by atoms with E-state index in [9.17, 15) is 5.11 Å². The van der Waals surface area contributed by atoms with Gasteiger partial charge < -0.3 is 15.6 Å². The highest BCUT2D eigenvalue weighted by molar-refractivity contribution is 5.16. The molecule has 1 saturated heterocycles. The van der Waals surface area contributed by atoms with E-state index in [2.05, 4.69) is 0 Å². The van der Waals surface area contributed by atoms with Gasteiger partial charge in [-0.15, -0.1) is 0 Å². The third kappa shape index (κ3) is 2.82. The van der Waals surface area contributed by atoms with E-state index in [1.54, 1.807) is 0 Å². The molecule has 2 rings (SSSR count). The first-order valence-corrected chi connectivity index (χ1v) is 5.86. The molecule has 0 amide bonds. The second-order valence-electron chi connectivity index (χ2n) is 4.40. The third-order valence-electron chi connectivity index (χ3n) is 3.10. The number of aliphatic hydroxyl groups is 1. The van der Waals surface area contributed by atoms with Crippen LogP contribution in [0.25, 0.3) is 0 Å². The van der Waals surface area contributed by atoms with Gasteiger partial charge in [-0.05, 0) is 24.8 Å². The van der Waals surface area contributed by atoms with Crippen LogP contribution in [0.1, 0.15) is 18.4 Å². The predicted molar refractivity (Wildman–Crippen MR) is 63.1 cm³/mol. The summed E-state index contributed by atoms with van der Waals surface area (Å²) >= 11 is 0. The molecular formula is C13H19NO2. The molecule has 0 spiro atoms. The number of aliphatic hydroxyl groups excluding tert-OH is 1. The zero-order chi connectivity index (χ0) is 11.4. The summed E-state index contributed by atoms with van der Waals surface area (Å²) in [6, 6.07) is 9.77. The lowest BCUT2D eigenvalue weighted by Crippen LogP contribution is -2.44. The van der Waals surface area contributed by atoms with Crippen LogP contribution in [-0.2, 0) is 11.2 Å². The molecule has 1 heterocycles. The van der Waals surface area contributed by atoms with E-state index in [1.807, 2.05) is 30.3 Å². The maximum Gasteiger partial charge on any atom is 0.0955 e. The van der Waals surface area contributed by atoms with Gasteiger partial charge >= 0.3 is 0 Å². The zero-order valence-corrected chi connectivity index (χ0v) is 9.38. The van der Waals surface area contributed by atoms with Crippen LogP contribution in [0.5, 0.6) is 0 Å². The van der Waals surface area contributed by atoms with Crippen molar-refractivity contribution in [2.45, 2.75) is 37.5 Å². The second kappa shape index (κ2) is 5.43. The average Bonchev–Trinajstić information content (AvgIpc) is 2.83. The van der Waals surface area contributed by atoms with Gasteiger partial charge in [0.05, 0.1) is 12.2 Å². The highest BCUT2D eigenvalue weighted by atomic mass is 16.5. The molecule has 3 atom stereocenters. The van der Waals surface area contributed by atoms with Crippen LogP contribution < -0.4 is 5.73 Å². The topological polar surface area (TPSA) is 55.5 Å². The summed E-state index contributed by atoms with van der Waals surface area (Å²) in [7, 11) is 0. The van der Waals surface area contributed by atoms with Gasteiger partial charge in [0, 0.05) is 12.6 Å². The number of rotatable bonds is 4. The van der Waals surface area contributed by atoms with Crippen LogP contribution >= 0.6 is 0 Å². The molecule has 3 nitrogen and oxygen atoms in total. The Morgan fingerprint density at radius 1 is 1.38 bits per heavy atom. The molecule has 1 aromatic carbocycles.